The lowest BCUT2D eigenvalue weighted by molar-refractivity contribution is -0.605. The third kappa shape index (κ3) is 1.96. The van der Waals surface area contributed by atoms with Crippen molar-refractivity contribution < 1.29 is 9.66 Å². The molecule has 4 nitrogen and oxygen atoms in total. The Morgan fingerprint density at radius 1 is 1.42 bits per heavy atom. The fourth-order valence-electron chi connectivity index (χ4n) is 2.77. The van der Waals surface area contributed by atoms with Gasteiger partial charge < -0.3 is 4.74 Å². The van der Waals surface area contributed by atoms with Gasteiger partial charge in [0.05, 0.1) is 5.41 Å². The highest BCUT2D eigenvalue weighted by atomic mass is 16.6. The van der Waals surface area contributed by atoms with E-state index in [-0.39, 0.29) is 4.92 Å². The van der Waals surface area contributed by atoms with Crippen LogP contribution >= 0.6 is 0 Å². The average molecular weight is 261 g/mol. The molecule has 1 saturated heterocycles. The fraction of sp³-hybridized carbons (Fsp3) is 0.467. The van der Waals surface area contributed by atoms with E-state index in [0.29, 0.717) is 13.0 Å². The van der Waals surface area contributed by atoms with Crippen molar-refractivity contribution in [1.29, 1.82) is 0 Å². The Morgan fingerprint density at radius 3 is 2.58 bits per heavy atom. The van der Waals surface area contributed by atoms with E-state index in [9.17, 15) is 10.1 Å². The van der Waals surface area contributed by atoms with Gasteiger partial charge in [-0.3, -0.25) is 10.1 Å². The van der Waals surface area contributed by atoms with Gasteiger partial charge in [0.15, 0.2) is 6.10 Å². The van der Waals surface area contributed by atoms with E-state index in [1.807, 2.05) is 37.3 Å². The summed E-state index contributed by atoms with van der Waals surface area (Å²) in [5.74, 6) is 0. The van der Waals surface area contributed by atoms with Gasteiger partial charge in [-0.2, -0.15) is 0 Å². The topological polar surface area (TPSA) is 52.4 Å². The van der Waals surface area contributed by atoms with Gasteiger partial charge >= 0.3 is 0 Å². The van der Waals surface area contributed by atoms with Gasteiger partial charge in [0, 0.05) is 18.5 Å². The standard InChI is InChI=1S/C15H19NO3/c1-4-14(2)10-11-19-13(15(14,3)16(17)18)12-8-6-5-7-9-12/h4-9,13H,1,10-11H2,2-3H3/t13-,14-,15-/m0/s1. The number of rotatable bonds is 3. The van der Waals surface area contributed by atoms with Gasteiger partial charge in [0.25, 0.3) is 5.54 Å². The minimum Gasteiger partial charge on any atom is -0.366 e. The minimum absolute atomic E-state index is 0.217. The van der Waals surface area contributed by atoms with Crippen molar-refractivity contribution in [1.82, 2.24) is 0 Å². The first-order valence-corrected chi connectivity index (χ1v) is 6.40. The van der Waals surface area contributed by atoms with Crippen molar-refractivity contribution >= 4 is 0 Å². The molecule has 0 saturated carbocycles. The highest BCUT2D eigenvalue weighted by Gasteiger charge is 2.61. The van der Waals surface area contributed by atoms with Gasteiger partial charge in [-0.15, -0.1) is 6.58 Å². The number of hydrogen-bond donors (Lipinski definition) is 0. The smallest absolute Gasteiger partial charge is 0.257 e. The lowest BCUT2D eigenvalue weighted by Gasteiger charge is -2.45. The maximum Gasteiger partial charge on any atom is 0.257 e. The van der Waals surface area contributed by atoms with Crippen molar-refractivity contribution in [2.24, 2.45) is 5.41 Å². The summed E-state index contributed by atoms with van der Waals surface area (Å²) in [7, 11) is 0. The minimum atomic E-state index is -1.21. The van der Waals surface area contributed by atoms with E-state index in [1.54, 1.807) is 13.0 Å². The van der Waals surface area contributed by atoms with E-state index in [1.165, 1.54) is 0 Å². The molecule has 4 heteroatoms. The lowest BCUT2D eigenvalue weighted by Crippen LogP contribution is -2.57. The van der Waals surface area contributed by atoms with Crippen LogP contribution in [0, 0.1) is 15.5 Å². The Kier molecular flexibility index (Phi) is 3.45. The molecule has 1 aliphatic heterocycles. The van der Waals surface area contributed by atoms with Crippen LogP contribution < -0.4 is 0 Å². The van der Waals surface area contributed by atoms with Gasteiger partial charge in [0.2, 0.25) is 0 Å². The molecule has 1 fully saturated rings. The second kappa shape index (κ2) is 4.78. The Morgan fingerprint density at radius 2 is 2.05 bits per heavy atom. The molecule has 1 heterocycles. The molecule has 0 amide bonds. The molecular weight excluding hydrogens is 242 g/mol. The predicted octanol–water partition coefficient (Wildman–Crippen LogP) is 3.38. The van der Waals surface area contributed by atoms with Crippen molar-refractivity contribution in [3.05, 3.63) is 58.7 Å². The number of nitro groups is 1. The summed E-state index contributed by atoms with van der Waals surface area (Å²) >= 11 is 0. The van der Waals surface area contributed by atoms with Gasteiger partial charge in [-0.1, -0.05) is 36.4 Å². The SMILES string of the molecule is C=C[C@@]1(C)CCO[C@@H](c2ccccc2)[C@]1(C)[N+](=O)[O-]. The summed E-state index contributed by atoms with van der Waals surface area (Å²) in [5, 5.41) is 11.7. The molecule has 2 rings (SSSR count). The Labute approximate surface area is 113 Å². The van der Waals surface area contributed by atoms with Crippen LogP contribution in [0.2, 0.25) is 0 Å². The van der Waals surface area contributed by atoms with Crippen molar-refractivity contribution in [3.8, 4) is 0 Å². The zero-order valence-electron chi connectivity index (χ0n) is 11.3. The molecule has 1 aromatic rings. The summed E-state index contributed by atoms with van der Waals surface area (Å²) < 4.78 is 5.75. The molecule has 3 atom stereocenters. The normalized spacial score (nSPS) is 34.7. The third-order valence-electron chi connectivity index (χ3n) is 4.50. The van der Waals surface area contributed by atoms with Gasteiger partial charge in [0.1, 0.15) is 0 Å². The van der Waals surface area contributed by atoms with E-state index in [4.69, 9.17) is 4.74 Å². The first-order chi connectivity index (χ1) is 8.95. The highest BCUT2D eigenvalue weighted by molar-refractivity contribution is 5.24. The maximum absolute atomic E-state index is 11.7. The monoisotopic (exact) mass is 261 g/mol. The summed E-state index contributed by atoms with van der Waals surface area (Å²) in [5.41, 5.74) is -0.960. The average Bonchev–Trinajstić information content (AvgIpc) is 2.42. The Hall–Kier alpha value is -1.68. The van der Waals surface area contributed by atoms with Crippen LogP contribution in [0.3, 0.4) is 0 Å². The number of ether oxygens (including phenoxy) is 1. The fourth-order valence-corrected chi connectivity index (χ4v) is 2.77. The first-order valence-electron chi connectivity index (χ1n) is 6.40. The Balaban J connectivity index is 2.53. The zero-order valence-corrected chi connectivity index (χ0v) is 11.3. The molecule has 1 aliphatic rings. The van der Waals surface area contributed by atoms with Gasteiger partial charge in [-0.05, 0) is 18.9 Å². The van der Waals surface area contributed by atoms with Crippen LogP contribution in [-0.2, 0) is 4.74 Å². The second-order valence-corrected chi connectivity index (χ2v) is 5.44. The number of hydrogen-bond acceptors (Lipinski definition) is 3. The predicted molar refractivity (Wildman–Crippen MR) is 73.5 cm³/mol. The summed E-state index contributed by atoms with van der Waals surface area (Å²) in [6, 6.07) is 9.39. The molecule has 0 radical (unpaired) electrons. The molecule has 0 unspecified atom stereocenters. The van der Waals surface area contributed by atoms with Crippen LogP contribution in [0.25, 0.3) is 0 Å². The van der Waals surface area contributed by atoms with E-state index >= 15 is 0 Å². The molecule has 1 aromatic carbocycles. The van der Waals surface area contributed by atoms with Crippen LogP contribution in [0.5, 0.6) is 0 Å². The molecular formula is C15H19NO3. The summed E-state index contributed by atoms with van der Waals surface area (Å²) in [4.78, 5) is 11.5. The van der Waals surface area contributed by atoms with Gasteiger partial charge in [-0.25, -0.2) is 0 Å². The molecule has 0 bridgehead atoms. The zero-order chi connectivity index (χ0) is 14.1. The van der Waals surface area contributed by atoms with Crippen molar-refractivity contribution in [2.45, 2.75) is 31.9 Å². The summed E-state index contributed by atoms with van der Waals surface area (Å²) in [6.07, 6.45) is 1.76. The second-order valence-electron chi connectivity index (χ2n) is 5.44. The Bertz CT molecular complexity index is 487. The third-order valence-corrected chi connectivity index (χ3v) is 4.50. The van der Waals surface area contributed by atoms with Crippen LogP contribution in [0.4, 0.5) is 0 Å². The summed E-state index contributed by atoms with van der Waals surface area (Å²) in [6.45, 7) is 7.86. The highest BCUT2D eigenvalue weighted by Crippen LogP contribution is 2.50. The number of benzene rings is 1. The van der Waals surface area contributed by atoms with Crippen molar-refractivity contribution in [2.75, 3.05) is 6.61 Å². The molecule has 0 aliphatic carbocycles. The lowest BCUT2D eigenvalue weighted by atomic mass is 9.64. The van der Waals surface area contributed by atoms with Crippen LogP contribution in [-0.4, -0.2) is 17.1 Å². The molecule has 0 spiro atoms. The molecule has 19 heavy (non-hydrogen) atoms. The van der Waals surface area contributed by atoms with E-state index < -0.39 is 17.1 Å². The quantitative estimate of drug-likeness (QED) is 0.476. The van der Waals surface area contributed by atoms with Crippen LogP contribution in [0.15, 0.2) is 43.0 Å². The first kappa shape index (κ1) is 13.7. The van der Waals surface area contributed by atoms with E-state index in [2.05, 4.69) is 6.58 Å². The van der Waals surface area contributed by atoms with E-state index in [0.717, 1.165) is 5.56 Å². The molecule has 102 valence electrons. The number of nitrogens with zero attached hydrogens (tertiary/aromatic N) is 1. The largest absolute Gasteiger partial charge is 0.366 e. The molecule has 0 N–H and O–H groups in total. The molecule has 0 aromatic heterocycles. The van der Waals surface area contributed by atoms with Crippen LogP contribution in [0.1, 0.15) is 31.9 Å². The maximum atomic E-state index is 11.7. The van der Waals surface area contributed by atoms with Crippen molar-refractivity contribution in [3.63, 3.8) is 0 Å².